The van der Waals surface area contributed by atoms with E-state index in [1.165, 1.54) is 18.2 Å². The van der Waals surface area contributed by atoms with Crippen molar-refractivity contribution in [2.75, 3.05) is 10.6 Å². The highest BCUT2D eigenvalue weighted by Gasteiger charge is 2.12. The van der Waals surface area contributed by atoms with Gasteiger partial charge in [-0.05, 0) is 30.3 Å². The quantitative estimate of drug-likeness (QED) is 0.636. The molecule has 1 aromatic heterocycles. The lowest BCUT2D eigenvalue weighted by molar-refractivity contribution is -0.0497. The molecule has 0 atom stereocenters. The molecule has 0 bridgehead atoms. The van der Waals surface area contributed by atoms with Crippen LogP contribution in [0.3, 0.4) is 0 Å². The van der Waals surface area contributed by atoms with Crippen molar-refractivity contribution < 1.29 is 18.3 Å². The van der Waals surface area contributed by atoms with Crippen molar-refractivity contribution in [3.05, 3.63) is 71.6 Å². The maximum Gasteiger partial charge on any atom is 0.387 e. The normalized spacial score (nSPS) is 10.5. The Morgan fingerprint density at radius 2 is 1.96 bits per heavy atom. The van der Waals surface area contributed by atoms with Crippen molar-refractivity contribution in [2.45, 2.75) is 6.61 Å². The van der Waals surface area contributed by atoms with Gasteiger partial charge in [0.1, 0.15) is 11.6 Å². The van der Waals surface area contributed by atoms with Gasteiger partial charge in [0.2, 0.25) is 0 Å². The molecule has 1 heterocycles. The Kier molecular flexibility index (Phi) is 5.77. The molecule has 0 radical (unpaired) electrons. The van der Waals surface area contributed by atoms with Gasteiger partial charge in [0.15, 0.2) is 0 Å². The lowest BCUT2D eigenvalue weighted by atomic mass is 10.2. The van der Waals surface area contributed by atoms with Crippen LogP contribution in [0.4, 0.5) is 26.0 Å². The van der Waals surface area contributed by atoms with Gasteiger partial charge in [-0.3, -0.25) is 9.78 Å². The summed E-state index contributed by atoms with van der Waals surface area (Å²) in [5.74, 6) is -0.118. The zero-order valence-corrected chi connectivity index (χ0v) is 14.5. The van der Waals surface area contributed by atoms with Crippen molar-refractivity contribution in [3.8, 4) is 5.75 Å². The maximum atomic E-state index is 12.4. The number of hydrogen-bond donors (Lipinski definition) is 2. The Morgan fingerprint density at radius 3 is 2.70 bits per heavy atom. The maximum absolute atomic E-state index is 12.4. The molecule has 0 aliphatic rings. The van der Waals surface area contributed by atoms with Gasteiger partial charge >= 0.3 is 6.61 Å². The first-order valence-electron chi connectivity index (χ1n) is 7.70. The zero-order chi connectivity index (χ0) is 19.2. The summed E-state index contributed by atoms with van der Waals surface area (Å²) in [6, 6.07) is 10.8. The molecule has 0 aliphatic heterocycles. The third-order valence-corrected chi connectivity index (χ3v) is 3.68. The predicted molar refractivity (Wildman–Crippen MR) is 97.8 cm³/mol. The molecule has 9 heteroatoms. The van der Waals surface area contributed by atoms with Crippen LogP contribution in [0.2, 0.25) is 5.02 Å². The van der Waals surface area contributed by atoms with Gasteiger partial charge < -0.3 is 15.4 Å². The first-order chi connectivity index (χ1) is 13.0. The fraction of sp³-hybridized carbons (Fsp3) is 0.0556. The number of halogens is 3. The standard InChI is InChI=1S/C18H13ClF2N4O2/c19-14-5-4-13(9-15(14)27-18(20)21)25-17(26)11-2-1-3-12(8-11)24-16-10-22-6-7-23-16/h1-10,18H,(H,23,24)(H,25,26). The molecule has 0 fully saturated rings. The highest BCUT2D eigenvalue weighted by molar-refractivity contribution is 6.32. The molecule has 0 unspecified atom stereocenters. The second-order valence-corrected chi connectivity index (χ2v) is 5.68. The number of carbonyl (C=O) groups is 1. The molecular formula is C18H13ClF2N4O2. The fourth-order valence-corrected chi connectivity index (χ4v) is 2.38. The van der Waals surface area contributed by atoms with Gasteiger partial charge in [0, 0.05) is 35.4 Å². The third kappa shape index (κ3) is 5.11. The summed E-state index contributed by atoms with van der Waals surface area (Å²) < 4.78 is 29.1. The molecule has 0 aliphatic carbocycles. The average Bonchev–Trinajstić information content (AvgIpc) is 2.65. The first kappa shape index (κ1) is 18.5. The number of nitrogens with zero attached hydrogens (tertiary/aromatic N) is 2. The summed E-state index contributed by atoms with van der Waals surface area (Å²) in [4.78, 5) is 20.5. The SMILES string of the molecule is O=C(Nc1ccc(Cl)c(OC(F)F)c1)c1cccc(Nc2cnccn2)c1. The molecule has 27 heavy (non-hydrogen) atoms. The topological polar surface area (TPSA) is 76.1 Å². The lowest BCUT2D eigenvalue weighted by Crippen LogP contribution is -2.12. The molecular weight excluding hydrogens is 378 g/mol. The summed E-state index contributed by atoms with van der Waals surface area (Å²) in [7, 11) is 0. The van der Waals surface area contributed by atoms with Crippen LogP contribution in [0.15, 0.2) is 61.1 Å². The highest BCUT2D eigenvalue weighted by Crippen LogP contribution is 2.29. The number of rotatable bonds is 6. The molecule has 2 aromatic carbocycles. The third-order valence-electron chi connectivity index (χ3n) is 3.37. The van der Waals surface area contributed by atoms with E-state index in [-0.39, 0.29) is 16.5 Å². The number of benzene rings is 2. The molecule has 1 amide bonds. The highest BCUT2D eigenvalue weighted by atomic mass is 35.5. The van der Waals surface area contributed by atoms with Crippen LogP contribution < -0.4 is 15.4 Å². The molecule has 3 aromatic rings. The van der Waals surface area contributed by atoms with Gasteiger partial charge in [-0.15, -0.1) is 0 Å². The summed E-state index contributed by atoms with van der Waals surface area (Å²) in [6.07, 6.45) is 4.64. The van der Waals surface area contributed by atoms with E-state index in [0.29, 0.717) is 17.1 Å². The second-order valence-electron chi connectivity index (χ2n) is 5.27. The molecule has 0 spiro atoms. The number of aromatic nitrogens is 2. The summed E-state index contributed by atoms with van der Waals surface area (Å²) >= 11 is 5.80. The van der Waals surface area contributed by atoms with Crippen LogP contribution in [0, 0.1) is 0 Å². The number of hydrogen-bond acceptors (Lipinski definition) is 5. The summed E-state index contributed by atoms with van der Waals surface area (Å²) in [6.45, 7) is -3.02. The largest absolute Gasteiger partial charge is 0.433 e. The van der Waals surface area contributed by atoms with E-state index in [9.17, 15) is 13.6 Å². The number of alkyl halides is 2. The molecule has 6 nitrogen and oxygen atoms in total. The van der Waals surface area contributed by atoms with E-state index in [1.807, 2.05) is 0 Å². The lowest BCUT2D eigenvalue weighted by Gasteiger charge is -2.11. The Hall–Kier alpha value is -3.26. The Bertz CT molecular complexity index is 942. The van der Waals surface area contributed by atoms with E-state index >= 15 is 0 Å². The molecule has 138 valence electrons. The molecule has 0 saturated carbocycles. The Balaban J connectivity index is 1.74. The van der Waals surface area contributed by atoms with Crippen molar-refractivity contribution in [1.82, 2.24) is 9.97 Å². The van der Waals surface area contributed by atoms with Crippen molar-refractivity contribution >= 4 is 34.7 Å². The van der Waals surface area contributed by atoms with Gasteiger partial charge in [-0.25, -0.2) is 4.98 Å². The van der Waals surface area contributed by atoms with Crippen LogP contribution in [0.25, 0.3) is 0 Å². The van der Waals surface area contributed by atoms with E-state index in [4.69, 9.17) is 11.6 Å². The molecule has 3 rings (SSSR count). The molecule has 2 N–H and O–H groups in total. The average molecular weight is 391 g/mol. The van der Waals surface area contributed by atoms with E-state index in [2.05, 4.69) is 25.3 Å². The Morgan fingerprint density at radius 1 is 1.11 bits per heavy atom. The minimum Gasteiger partial charge on any atom is -0.433 e. The van der Waals surface area contributed by atoms with E-state index < -0.39 is 12.5 Å². The number of anilines is 3. The monoisotopic (exact) mass is 390 g/mol. The number of ether oxygens (including phenoxy) is 1. The minimum atomic E-state index is -3.02. The second kappa shape index (κ2) is 8.41. The number of carbonyl (C=O) groups excluding carboxylic acids is 1. The first-order valence-corrected chi connectivity index (χ1v) is 8.08. The molecule has 0 saturated heterocycles. The van der Waals surface area contributed by atoms with E-state index in [0.717, 1.165) is 0 Å². The Labute approximate surface area is 158 Å². The van der Waals surface area contributed by atoms with E-state index in [1.54, 1.807) is 42.9 Å². The smallest absolute Gasteiger partial charge is 0.387 e. The fourth-order valence-electron chi connectivity index (χ4n) is 2.22. The predicted octanol–water partition coefficient (Wildman–Crippen LogP) is 4.73. The van der Waals surface area contributed by atoms with Crippen LogP contribution >= 0.6 is 11.6 Å². The van der Waals surface area contributed by atoms with Gasteiger partial charge in [0.05, 0.1) is 11.2 Å². The van der Waals surface area contributed by atoms with Crippen molar-refractivity contribution in [1.29, 1.82) is 0 Å². The van der Waals surface area contributed by atoms with Crippen LogP contribution in [0.5, 0.6) is 5.75 Å². The van der Waals surface area contributed by atoms with Gasteiger partial charge in [-0.1, -0.05) is 17.7 Å². The van der Waals surface area contributed by atoms with Crippen molar-refractivity contribution in [2.24, 2.45) is 0 Å². The van der Waals surface area contributed by atoms with Crippen molar-refractivity contribution in [3.63, 3.8) is 0 Å². The van der Waals surface area contributed by atoms with Crippen LogP contribution in [-0.4, -0.2) is 22.5 Å². The minimum absolute atomic E-state index is 0.0171. The van der Waals surface area contributed by atoms with Crippen LogP contribution in [0.1, 0.15) is 10.4 Å². The summed E-state index contributed by atoms with van der Waals surface area (Å²) in [5.41, 5.74) is 1.27. The number of nitrogens with one attached hydrogen (secondary N) is 2. The summed E-state index contributed by atoms with van der Waals surface area (Å²) in [5, 5.41) is 5.66. The van der Waals surface area contributed by atoms with Crippen LogP contribution in [-0.2, 0) is 0 Å². The zero-order valence-electron chi connectivity index (χ0n) is 13.7. The van der Waals surface area contributed by atoms with Gasteiger partial charge in [0.25, 0.3) is 5.91 Å². The van der Waals surface area contributed by atoms with Gasteiger partial charge in [-0.2, -0.15) is 8.78 Å². The number of amides is 1.